The first-order valence-electron chi connectivity index (χ1n) is 17.6. The molecule has 3 atom stereocenters. The maximum absolute atomic E-state index is 14.0. The van der Waals surface area contributed by atoms with E-state index in [1.54, 1.807) is 72.1 Å². The molecule has 24 heteroatoms. The van der Waals surface area contributed by atoms with Crippen LogP contribution in [0.2, 0.25) is 0 Å². The Morgan fingerprint density at radius 3 is 2.35 bits per heavy atom. The van der Waals surface area contributed by atoms with Crippen LogP contribution in [0.5, 0.6) is 5.75 Å². The molecule has 3 aromatic rings. The molecule has 1 saturated heterocycles. The Hall–Kier alpha value is -4.91. The van der Waals surface area contributed by atoms with Crippen LogP contribution in [0.1, 0.15) is 73.1 Å². The number of aromatic amines is 1. The fourth-order valence-electron chi connectivity index (χ4n) is 5.20. The number of carboxylic acids is 1. The molecular weight excluding hydrogens is 885 g/mol. The normalized spacial score (nSPS) is 17.2. The Balaban J connectivity index is 1.42. The fraction of sp³-hybridized carbons (Fsp3) is 0.444. The average molecular weight is 925 g/mol. The number of hydrogen-bond acceptors (Lipinski definition) is 20. The van der Waals surface area contributed by atoms with Crippen LogP contribution in [0.15, 0.2) is 49.7 Å². The molecule has 1 aromatic carbocycles. The summed E-state index contributed by atoms with van der Waals surface area (Å²) in [6.07, 6.45) is 1.55. The molecule has 5 rings (SSSR count). The number of aromatic nitrogens is 3. The number of H-pyrrole nitrogens is 1. The van der Waals surface area contributed by atoms with E-state index in [2.05, 4.69) is 24.2 Å². The number of carbonyl (C=O) groups is 6. The van der Waals surface area contributed by atoms with Crippen LogP contribution >= 0.6 is 58.4 Å². The third-order valence-electron chi connectivity index (χ3n) is 7.79. The van der Waals surface area contributed by atoms with E-state index in [-0.39, 0.29) is 38.9 Å². The summed E-state index contributed by atoms with van der Waals surface area (Å²) in [5.74, 6) is -5.21. The molecule has 0 saturated carbocycles. The van der Waals surface area contributed by atoms with Crippen LogP contribution in [0, 0.1) is 0 Å². The number of ether oxygens (including phenoxy) is 4. The van der Waals surface area contributed by atoms with E-state index >= 15 is 0 Å². The second kappa shape index (κ2) is 19.2. The number of nitrogens with one attached hydrogen (secondary N) is 2. The first kappa shape index (κ1) is 46.2. The van der Waals surface area contributed by atoms with Crippen LogP contribution in [-0.4, -0.2) is 118 Å². The summed E-state index contributed by atoms with van der Waals surface area (Å²) in [6.45, 7) is 9.80. The molecule has 1 fully saturated rings. The maximum Gasteiger partial charge on any atom is 0.369 e. The highest BCUT2D eigenvalue weighted by Crippen LogP contribution is 2.42. The van der Waals surface area contributed by atoms with Crippen LogP contribution in [0.25, 0.3) is 0 Å². The Bertz CT molecular complexity index is 2270. The largest absolute Gasteiger partial charge is 0.497 e. The predicted octanol–water partition coefficient (Wildman–Crippen LogP) is 3.89. The number of oxime groups is 1. The molecule has 0 radical (unpaired) electrons. The van der Waals surface area contributed by atoms with E-state index in [4.69, 9.17) is 23.8 Å². The Labute approximate surface area is 363 Å². The molecule has 0 unspecified atom stereocenters. The molecule has 0 spiro atoms. The number of methoxy groups -OCH3 is 1. The zero-order valence-corrected chi connectivity index (χ0v) is 37.4. The van der Waals surface area contributed by atoms with E-state index in [9.17, 15) is 38.7 Å². The summed E-state index contributed by atoms with van der Waals surface area (Å²) in [7, 11) is 1.51. The Morgan fingerprint density at radius 2 is 1.73 bits per heavy atom. The minimum atomic E-state index is -1.42. The van der Waals surface area contributed by atoms with Gasteiger partial charge in [0.05, 0.1) is 11.3 Å². The highest BCUT2D eigenvalue weighted by molar-refractivity contribution is 8.02. The Kier molecular flexibility index (Phi) is 14.8. The molecule has 60 heavy (non-hydrogen) atoms. The van der Waals surface area contributed by atoms with Crippen molar-refractivity contribution >= 4 is 99.8 Å². The van der Waals surface area contributed by atoms with Gasteiger partial charge in [-0.3, -0.25) is 23.7 Å². The molecule has 4 heterocycles. The molecule has 2 amide bonds. The SMILES string of the molecule is COc1ccc(COC(=O)C2=C(CSc3s[nH]c(=O)c3C(=O)O)CS[C@H]3[C@H](NC(=O)/C(=N\O[C@H](SC)C(=O)OC(C)(C)C)c4nsc(C(=O)OC(C)(C)C)n4)C(=O)N23)cc1. The average Bonchev–Trinajstić information content (AvgIpc) is 3.82. The molecular formula is C36H40N6O13S5. The standard InChI is InChI=1S/C36H40N6O13S5/c1-35(2,3)53-31(49)26-38-23(40-59-26)20(39-55-33(56-8)32(50)54-36(4,5)6)25(44)37-21-27(45)42-22(30(48)52-13-16-9-11-18(51-7)12-10-16)17(14-57-28(21)42)15-58-34-19(29(46)47)24(43)41-60-34/h9-12,21,28,33H,13-15H2,1-8H3,(H,37,44)(H,41,43)(H,46,47)/b39-20-/t21-,28+,33-/m1/s1. The smallest absolute Gasteiger partial charge is 0.369 e. The molecule has 0 bridgehead atoms. The lowest BCUT2D eigenvalue weighted by atomic mass is 10.0. The quantitative estimate of drug-likeness (QED) is 0.0350. The van der Waals surface area contributed by atoms with Gasteiger partial charge in [0, 0.05) is 11.5 Å². The fourth-order valence-corrected chi connectivity index (χ4v) is 9.56. The molecule has 19 nitrogen and oxygen atoms in total. The van der Waals surface area contributed by atoms with Crippen molar-refractivity contribution in [1.82, 2.24) is 23.9 Å². The molecule has 322 valence electrons. The van der Waals surface area contributed by atoms with Crippen molar-refractivity contribution in [3.63, 3.8) is 0 Å². The number of fused-ring (bicyclic) bond motifs is 1. The van der Waals surface area contributed by atoms with Crippen molar-refractivity contribution in [2.45, 2.75) is 80.4 Å². The van der Waals surface area contributed by atoms with Crippen molar-refractivity contribution in [1.29, 1.82) is 0 Å². The lowest BCUT2D eigenvalue weighted by molar-refractivity contribution is -0.162. The van der Waals surface area contributed by atoms with Gasteiger partial charge in [0.25, 0.3) is 22.8 Å². The lowest BCUT2D eigenvalue weighted by Crippen LogP contribution is -2.71. The van der Waals surface area contributed by atoms with Gasteiger partial charge in [-0.25, -0.2) is 24.2 Å². The van der Waals surface area contributed by atoms with Crippen LogP contribution in [-0.2, 0) is 44.8 Å². The summed E-state index contributed by atoms with van der Waals surface area (Å²) in [4.78, 5) is 102. The monoisotopic (exact) mass is 924 g/mol. The molecule has 2 aliphatic heterocycles. The van der Waals surface area contributed by atoms with E-state index in [1.807, 2.05) is 0 Å². The molecule has 2 aliphatic rings. The number of carboxylic acid groups (broad SMARTS) is 1. The van der Waals surface area contributed by atoms with E-state index in [0.29, 0.717) is 28.4 Å². The van der Waals surface area contributed by atoms with E-state index in [1.165, 1.54) is 23.8 Å². The van der Waals surface area contributed by atoms with Crippen molar-refractivity contribution in [3.8, 4) is 5.75 Å². The lowest BCUT2D eigenvalue weighted by Gasteiger charge is -2.49. The second-order valence-electron chi connectivity index (χ2n) is 14.6. The van der Waals surface area contributed by atoms with Gasteiger partial charge in [-0.1, -0.05) is 28.8 Å². The first-order valence-corrected chi connectivity index (χ1v) is 22.5. The number of rotatable bonds is 16. The Morgan fingerprint density at radius 1 is 1.05 bits per heavy atom. The van der Waals surface area contributed by atoms with Gasteiger partial charge in [-0.05, 0) is 82.6 Å². The van der Waals surface area contributed by atoms with Crippen molar-refractivity contribution in [2.75, 3.05) is 24.9 Å². The number of carbonyl (C=O) groups excluding carboxylic acids is 5. The van der Waals surface area contributed by atoms with Gasteiger partial charge in [-0.15, -0.1) is 35.3 Å². The molecule has 2 aromatic heterocycles. The van der Waals surface area contributed by atoms with Crippen molar-refractivity contribution in [2.24, 2.45) is 5.16 Å². The number of hydrogen-bond donors (Lipinski definition) is 3. The summed E-state index contributed by atoms with van der Waals surface area (Å²) in [5, 5.41) is 15.1. The number of esters is 3. The highest BCUT2D eigenvalue weighted by Gasteiger charge is 2.55. The summed E-state index contributed by atoms with van der Waals surface area (Å²) in [5.41, 5.74) is -3.93. The zero-order valence-electron chi connectivity index (χ0n) is 33.3. The number of benzene rings is 1. The zero-order chi connectivity index (χ0) is 44.1. The number of amides is 2. The summed E-state index contributed by atoms with van der Waals surface area (Å²) < 4.78 is 28.3. The van der Waals surface area contributed by atoms with E-state index in [0.717, 1.165) is 35.1 Å². The van der Waals surface area contributed by atoms with E-state index < -0.39 is 80.6 Å². The topological polar surface area (TPSA) is 255 Å². The van der Waals surface area contributed by atoms with Gasteiger partial charge in [0.15, 0.2) is 5.56 Å². The van der Waals surface area contributed by atoms with Crippen LogP contribution in [0.3, 0.4) is 0 Å². The first-order chi connectivity index (χ1) is 28.2. The number of nitrogens with zero attached hydrogens (tertiary/aromatic N) is 4. The maximum atomic E-state index is 14.0. The third-order valence-corrected chi connectivity index (χ3v) is 12.8. The van der Waals surface area contributed by atoms with Gasteiger partial charge >= 0.3 is 23.9 Å². The number of thioether (sulfide) groups is 3. The minimum Gasteiger partial charge on any atom is -0.497 e. The van der Waals surface area contributed by atoms with Crippen molar-refractivity contribution in [3.05, 3.63) is 67.8 Å². The minimum absolute atomic E-state index is 0.0133. The van der Waals surface area contributed by atoms with Crippen LogP contribution < -0.4 is 15.6 Å². The van der Waals surface area contributed by atoms with Gasteiger partial charge in [0.2, 0.25) is 16.5 Å². The number of aromatic carboxylic acids is 1. The predicted molar refractivity (Wildman–Crippen MR) is 223 cm³/mol. The van der Waals surface area contributed by atoms with Gasteiger partial charge in [-0.2, -0.15) is 4.37 Å². The summed E-state index contributed by atoms with van der Waals surface area (Å²) >= 11 is 4.59. The molecule has 0 aliphatic carbocycles. The second-order valence-corrected chi connectivity index (χ2v) is 19.4. The van der Waals surface area contributed by atoms with Gasteiger partial charge < -0.3 is 34.2 Å². The van der Waals surface area contributed by atoms with Crippen LogP contribution in [0.4, 0.5) is 0 Å². The summed E-state index contributed by atoms with van der Waals surface area (Å²) in [6, 6.07) is 5.54. The number of β-lactam (4-membered cyclic amide) rings is 1. The molecule has 3 N–H and O–H groups in total. The third kappa shape index (κ3) is 11.3. The van der Waals surface area contributed by atoms with Crippen molar-refractivity contribution < 1.29 is 57.7 Å². The highest BCUT2D eigenvalue weighted by atomic mass is 32.2. The van der Waals surface area contributed by atoms with Gasteiger partial charge in [0.1, 0.15) is 40.7 Å².